The van der Waals surface area contributed by atoms with Crippen LogP contribution in [-0.4, -0.2) is 48.9 Å². The first-order valence-electron chi connectivity index (χ1n) is 16.0. The summed E-state index contributed by atoms with van der Waals surface area (Å²) < 4.78 is 0.993. The smallest absolute Gasteiger partial charge is 0.259 e. The van der Waals surface area contributed by atoms with Gasteiger partial charge in [0.1, 0.15) is 17.2 Å². The molecule has 0 fully saturated rings. The van der Waals surface area contributed by atoms with Gasteiger partial charge in [0, 0.05) is 58.3 Å². The normalized spacial score (nSPS) is 13.4. The molecule has 52 heavy (non-hydrogen) atoms. The number of amides is 4. The second-order valence-electron chi connectivity index (χ2n) is 12.5. The molecule has 4 amide bonds. The average molecular weight is 799 g/mol. The molecule has 7 N–H and O–H groups in total. The number of phenols is 3. The van der Waals surface area contributed by atoms with Crippen molar-refractivity contribution in [2.45, 2.75) is 0 Å². The highest BCUT2D eigenvalue weighted by Crippen LogP contribution is 2.43. The summed E-state index contributed by atoms with van der Waals surface area (Å²) in [6.07, 6.45) is 0. The van der Waals surface area contributed by atoms with Crippen molar-refractivity contribution in [2.24, 2.45) is 0 Å². The molecular formula is C40H23IN4O7. The number of H-pyrrole nitrogens is 2. The Morgan fingerprint density at radius 3 is 1.38 bits per heavy atom. The van der Waals surface area contributed by atoms with E-state index in [1.54, 1.807) is 60.7 Å². The number of imide groups is 2. The molecule has 2 aliphatic heterocycles. The molecule has 2 aliphatic rings. The van der Waals surface area contributed by atoms with E-state index in [4.69, 9.17) is 0 Å². The van der Waals surface area contributed by atoms with Gasteiger partial charge in [-0.15, -0.1) is 0 Å². The zero-order chi connectivity index (χ0) is 36.0. The Balaban J connectivity index is 0.000000138. The first kappa shape index (κ1) is 31.3. The number of hydrogen-bond donors (Lipinski definition) is 7. The summed E-state index contributed by atoms with van der Waals surface area (Å²) in [7, 11) is 0. The molecule has 252 valence electrons. The van der Waals surface area contributed by atoms with Crippen molar-refractivity contribution >= 4 is 89.8 Å². The van der Waals surface area contributed by atoms with Crippen LogP contribution >= 0.6 is 22.6 Å². The number of phenolic OH excluding ortho intramolecular Hbond substituents is 3. The molecule has 0 aliphatic carbocycles. The van der Waals surface area contributed by atoms with Crippen LogP contribution < -0.4 is 10.6 Å². The molecule has 0 saturated heterocycles. The Bertz CT molecular complexity index is 2740. The number of aromatic amines is 2. The van der Waals surface area contributed by atoms with Crippen LogP contribution in [-0.2, 0) is 0 Å². The van der Waals surface area contributed by atoms with Gasteiger partial charge < -0.3 is 25.3 Å². The van der Waals surface area contributed by atoms with Gasteiger partial charge in [-0.1, -0.05) is 36.4 Å². The standard InChI is InChI=1S/C20H11IN2O3.C20H12N2O4/c21-13-4-2-1-3-10(13)11-8-15-16(18-17(11)19(25)23-20(18)26)12-7-9(24)5-6-14(12)22-15;23-9-5-6-13-12(7-9)16-14(21-13)8-11(10-3-1-2-4-15(10)24)17-18(16)20(26)22-19(17)25/h1-8,22,24H,(H,23,25,26);1-8,21,23-24H,(H,22,25,26). The third-order valence-electron chi connectivity index (χ3n) is 9.46. The van der Waals surface area contributed by atoms with E-state index in [2.05, 4.69) is 43.2 Å². The minimum Gasteiger partial charge on any atom is -0.508 e. The summed E-state index contributed by atoms with van der Waals surface area (Å²) in [4.78, 5) is 56.6. The third kappa shape index (κ3) is 4.64. The molecule has 10 rings (SSSR count). The van der Waals surface area contributed by atoms with Crippen molar-refractivity contribution in [3.63, 3.8) is 0 Å². The first-order chi connectivity index (χ1) is 25.1. The van der Waals surface area contributed by atoms with E-state index in [0.717, 1.165) is 36.6 Å². The quantitative estimate of drug-likeness (QED) is 0.0699. The summed E-state index contributed by atoms with van der Waals surface area (Å²) in [5.41, 5.74) is 6.73. The van der Waals surface area contributed by atoms with Gasteiger partial charge in [0.25, 0.3) is 23.6 Å². The highest BCUT2D eigenvalue weighted by Gasteiger charge is 2.35. The predicted molar refractivity (Wildman–Crippen MR) is 204 cm³/mol. The second-order valence-corrected chi connectivity index (χ2v) is 13.6. The van der Waals surface area contributed by atoms with Crippen molar-refractivity contribution in [2.75, 3.05) is 0 Å². The highest BCUT2D eigenvalue weighted by atomic mass is 127. The number of fused-ring (bicyclic) bond motifs is 10. The SMILES string of the molecule is O=C1NC(=O)c2c1c(-c1ccccc1I)cc1[nH]c3ccc(O)cc3c21.O=C1NC(=O)c2c1c(-c1ccccc1O)cc1[nH]c3ccc(O)cc3c21. The maximum Gasteiger partial charge on any atom is 0.259 e. The Labute approximate surface area is 306 Å². The molecule has 4 heterocycles. The van der Waals surface area contributed by atoms with Crippen LogP contribution in [0.4, 0.5) is 0 Å². The molecular weight excluding hydrogens is 775 g/mol. The van der Waals surface area contributed by atoms with Crippen molar-refractivity contribution in [3.8, 4) is 39.5 Å². The Morgan fingerprint density at radius 2 is 0.885 bits per heavy atom. The number of carbonyl (C=O) groups excluding carboxylic acids is 4. The topological polar surface area (TPSA) is 185 Å². The Hall–Kier alpha value is -6.67. The largest absolute Gasteiger partial charge is 0.508 e. The lowest BCUT2D eigenvalue weighted by Gasteiger charge is -2.10. The number of carbonyl (C=O) groups is 4. The molecule has 11 nitrogen and oxygen atoms in total. The van der Waals surface area contributed by atoms with Crippen LogP contribution in [0.1, 0.15) is 41.4 Å². The van der Waals surface area contributed by atoms with Gasteiger partial charge in [-0.05, 0) is 94.4 Å². The highest BCUT2D eigenvalue weighted by molar-refractivity contribution is 14.1. The summed E-state index contributed by atoms with van der Waals surface area (Å²) in [6, 6.07) is 27.8. The number of nitrogens with one attached hydrogen (secondary N) is 4. The maximum absolute atomic E-state index is 12.6. The molecule has 0 atom stereocenters. The van der Waals surface area contributed by atoms with Gasteiger partial charge in [-0.25, -0.2) is 0 Å². The molecule has 2 aromatic heterocycles. The Kier molecular flexibility index (Phi) is 6.89. The number of benzene rings is 6. The van der Waals surface area contributed by atoms with Crippen LogP contribution in [0.5, 0.6) is 17.2 Å². The first-order valence-corrected chi connectivity index (χ1v) is 17.0. The summed E-state index contributed by atoms with van der Waals surface area (Å²) in [6.45, 7) is 0. The van der Waals surface area contributed by atoms with Gasteiger partial charge in [0.2, 0.25) is 0 Å². The molecule has 0 bridgehead atoms. The summed E-state index contributed by atoms with van der Waals surface area (Å²) in [5.74, 6) is -1.59. The molecule has 0 radical (unpaired) electrons. The van der Waals surface area contributed by atoms with Gasteiger partial charge in [-0.2, -0.15) is 0 Å². The van der Waals surface area contributed by atoms with E-state index in [-0.39, 0.29) is 28.4 Å². The van der Waals surface area contributed by atoms with Crippen molar-refractivity contribution in [1.82, 2.24) is 20.6 Å². The lowest BCUT2D eigenvalue weighted by molar-refractivity contribution is 0.0863. The maximum atomic E-state index is 12.6. The van der Waals surface area contributed by atoms with Crippen LogP contribution in [0.3, 0.4) is 0 Å². The zero-order valence-electron chi connectivity index (χ0n) is 26.6. The Morgan fingerprint density at radius 1 is 0.442 bits per heavy atom. The number of hydrogen-bond acceptors (Lipinski definition) is 7. The van der Waals surface area contributed by atoms with Crippen LogP contribution in [0, 0.1) is 3.57 Å². The van der Waals surface area contributed by atoms with E-state index < -0.39 is 23.6 Å². The molecule has 8 aromatic rings. The lowest BCUT2D eigenvalue weighted by atomic mass is 9.92. The molecule has 0 saturated carbocycles. The van der Waals surface area contributed by atoms with Crippen molar-refractivity contribution in [3.05, 3.63) is 123 Å². The van der Waals surface area contributed by atoms with Crippen LogP contribution in [0.2, 0.25) is 0 Å². The van der Waals surface area contributed by atoms with Gasteiger partial charge in [-0.3, -0.25) is 29.8 Å². The van der Waals surface area contributed by atoms with E-state index in [0.29, 0.717) is 43.9 Å². The number of rotatable bonds is 2. The number of aromatic hydroxyl groups is 3. The number of para-hydroxylation sites is 1. The summed E-state index contributed by atoms with van der Waals surface area (Å²) >= 11 is 2.22. The van der Waals surface area contributed by atoms with E-state index in [1.807, 2.05) is 30.3 Å². The van der Waals surface area contributed by atoms with Gasteiger partial charge >= 0.3 is 0 Å². The molecule has 0 unspecified atom stereocenters. The fraction of sp³-hybridized carbons (Fsp3) is 0. The zero-order valence-corrected chi connectivity index (χ0v) is 28.7. The van der Waals surface area contributed by atoms with E-state index in [1.165, 1.54) is 6.07 Å². The fourth-order valence-electron chi connectivity index (χ4n) is 7.30. The van der Waals surface area contributed by atoms with Gasteiger partial charge in [0.15, 0.2) is 0 Å². The minimum atomic E-state index is -0.500. The second kappa shape index (κ2) is 11.4. The van der Waals surface area contributed by atoms with E-state index >= 15 is 0 Å². The van der Waals surface area contributed by atoms with Crippen molar-refractivity contribution in [1.29, 1.82) is 0 Å². The molecule has 12 heteroatoms. The summed E-state index contributed by atoms with van der Waals surface area (Å²) in [5, 5.41) is 37.3. The van der Waals surface area contributed by atoms with Crippen LogP contribution in [0.15, 0.2) is 97.1 Å². The number of halogens is 1. The van der Waals surface area contributed by atoms with Crippen molar-refractivity contribution < 1.29 is 34.5 Å². The monoisotopic (exact) mass is 798 g/mol. The third-order valence-corrected chi connectivity index (χ3v) is 10.4. The lowest BCUT2D eigenvalue weighted by Crippen LogP contribution is -2.20. The van der Waals surface area contributed by atoms with Gasteiger partial charge in [0.05, 0.1) is 22.3 Å². The average Bonchev–Trinajstić information content (AvgIpc) is 3.84. The molecule has 0 spiro atoms. The van der Waals surface area contributed by atoms with Crippen LogP contribution in [0.25, 0.3) is 65.9 Å². The minimum absolute atomic E-state index is 0.0231. The predicted octanol–water partition coefficient (Wildman–Crippen LogP) is 7.46. The van der Waals surface area contributed by atoms with E-state index in [9.17, 15) is 34.5 Å². The molecule has 6 aromatic carbocycles. The number of aromatic nitrogens is 2. The fourth-order valence-corrected chi connectivity index (χ4v) is 7.97.